The number of rotatable bonds is 5. The van der Waals surface area contributed by atoms with Gasteiger partial charge in [-0.1, -0.05) is 0 Å². The number of aliphatic carboxylic acids is 1. The summed E-state index contributed by atoms with van der Waals surface area (Å²) in [6.45, 7) is 1.52. The Hall–Kier alpha value is -1.39. The average molecular weight is 173 g/mol. The highest BCUT2D eigenvalue weighted by atomic mass is 16.4. The molecular weight excluding hydrogens is 162 g/mol. The Kier molecular flexibility index (Phi) is 4.67. The standard InChI is InChI=1S/C7H11NO4/c1-5(4-9)8-6(10)2-3-7(11)12/h4-5H,2-3H2,1H3,(H,8,10)(H,11,12). The van der Waals surface area contributed by atoms with Crippen LogP contribution in [0, 0.1) is 0 Å². The maximum atomic E-state index is 10.8. The summed E-state index contributed by atoms with van der Waals surface area (Å²) in [7, 11) is 0. The maximum Gasteiger partial charge on any atom is 0.303 e. The van der Waals surface area contributed by atoms with Gasteiger partial charge in [0.25, 0.3) is 0 Å². The van der Waals surface area contributed by atoms with Gasteiger partial charge in [-0.2, -0.15) is 0 Å². The zero-order chi connectivity index (χ0) is 9.56. The van der Waals surface area contributed by atoms with Crippen molar-refractivity contribution in [3.63, 3.8) is 0 Å². The molecule has 5 nitrogen and oxygen atoms in total. The molecule has 0 aliphatic heterocycles. The molecule has 0 aromatic carbocycles. The van der Waals surface area contributed by atoms with E-state index in [1.54, 1.807) is 0 Å². The largest absolute Gasteiger partial charge is 0.481 e. The van der Waals surface area contributed by atoms with Crippen molar-refractivity contribution in [2.75, 3.05) is 0 Å². The first-order valence-corrected chi connectivity index (χ1v) is 3.52. The van der Waals surface area contributed by atoms with Gasteiger partial charge in [0.2, 0.25) is 5.91 Å². The van der Waals surface area contributed by atoms with Gasteiger partial charge in [-0.3, -0.25) is 9.59 Å². The molecule has 0 saturated carbocycles. The third-order valence-corrected chi connectivity index (χ3v) is 1.16. The number of carbonyl (C=O) groups is 3. The molecule has 5 heteroatoms. The van der Waals surface area contributed by atoms with Crippen LogP contribution in [0.2, 0.25) is 0 Å². The summed E-state index contributed by atoms with van der Waals surface area (Å²) in [5.74, 6) is -1.44. The van der Waals surface area contributed by atoms with Crippen molar-refractivity contribution in [3.05, 3.63) is 0 Å². The molecule has 0 spiro atoms. The first kappa shape index (κ1) is 10.6. The molecule has 1 atom stereocenters. The lowest BCUT2D eigenvalue weighted by Gasteiger charge is -2.05. The van der Waals surface area contributed by atoms with E-state index in [-0.39, 0.29) is 12.8 Å². The Morgan fingerprint density at radius 2 is 2.08 bits per heavy atom. The van der Waals surface area contributed by atoms with E-state index in [1.165, 1.54) is 6.92 Å². The van der Waals surface area contributed by atoms with Gasteiger partial charge in [-0.05, 0) is 6.92 Å². The molecule has 0 rings (SSSR count). The number of hydrogen-bond acceptors (Lipinski definition) is 3. The van der Waals surface area contributed by atoms with Crippen LogP contribution in [0.15, 0.2) is 0 Å². The average Bonchev–Trinajstić information content (AvgIpc) is 2.00. The Labute approximate surface area is 69.8 Å². The van der Waals surface area contributed by atoms with Crippen molar-refractivity contribution in [1.29, 1.82) is 0 Å². The van der Waals surface area contributed by atoms with Crippen molar-refractivity contribution in [3.8, 4) is 0 Å². The molecule has 0 radical (unpaired) electrons. The fraction of sp³-hybridized carbons (Fsp3) is 0.571. The van der Waals surface area contributed by atoms with E-state index in [0.29, 0.717) is 6.29 Å². The van der Waals surface area contributed by atoms with Gasteiger partial charge in [0, 0.05) is 6.42 Å². The predicted molar refractivity (Wildman–Crippen MR) is 40.5 cm³/mol. The van der Waals surface area contributed by atoms with Crippen molar-refractivity contribution < 1.29 is 19.5 Å². The third kappa shape index (κ3) is 5.40. The number of amides is 1. The second-order valence-corrected chi connectivity index (χ2v) is 2.39. The topological polar surface area (TPSA) is 83.5 Å². The van der Waals surface area contributed by atoms with Crippen molar-refractivity contribution in [1.82, 2.24) is 5.32 Å². The van der Waals surface area contributed by atoms with Gasteiger partial charge in [0.05, 0.1) is 12.5 Å². The summed E-state index contributed by atoms with van der Waals surface area (Å²) < 4.78 is 0. The lowest BCUT2D eigenvalue weighted by Crippen LogP contribution is -2.33. The lowest BCUT2D eigenvalue weighted by molar-refractivity contribution is -0.138. The summed E-state index contributed by atoms with van der Waals surface area (Å²) in [5, 5.41) is 10.5. The van der Waals surface area contributed by atoms with Crippen LogP contribution < -0.4 is 5.32 Å². The molecule has 1 amide bonds. The number of aldehydes is 1. The highest BCUT2D eigenvalue weighted by molar-refractivity contribution is 5.82. The molecule has 68 valence electrons. The van der Waals surface area contributed by atoms with E-state index < -0.39 is 17.9 Å². The van der Waals surface area contributed by atoms with Crippen LogP contribution in [0.25, 0.3) is 0 Å². The van der Waals surface area contributed by atoms with E-state index in [0.717, 1.165) is 0 Å². The monoisotopic (exact) mass is 173 g/mol. The summed E-state index contributed by atoms with van der Waals surface area (Å²) in [6.07, 6.45) is 0.281. The molecule has 0 aromatic heterocycles. The second kappa shape index (κ2) is 5.29. The van der Waals surface area contributed by atoms with E-state index in [2.05, 4.69) is 5.32 Å². The zero-order valence-corrected chi connectivity index (χ0v) is 6.74. The van der Waals surface area contributed by atoms with Crippen LogP contribution >= 0.6 is 0 Å². The highest BCUT2D eigenvalue weighted by Crippen LogP contribution is 1.89. The van der Waals surface area contributed by atoms with Gasteiger partial charge in [0.15, 0.2) is 0 Å². The maximum absolute atomic E-state index is 10.8. The number of carboxylic acid groups (broad SMARTS) is 1. The number of carbonyl (C=O) groups excluding carboxylic acids is 2. The molecule has 0 aliphatic rings. The first-order valence-electron chi connectivity index (χ1n) is 3.52. The SMILES string of the molecule is CC(C=O)NC(=O)CCC(=O)O. The lowest BCUT2D eigenvalue weighted by atomic mass is 10.3. The van der Waals surface area contributed by atoms with Crippen LogP contribution in [0.4, 0.5) is 0 Å². The van der Waals surface area contributed by atoms with Gasteiger partial charge in [0.1, 0.15) is 6.29 Å². The Bertz CT molecular complexity index is 190. The summed E-state index contributed by atoms with van der Waals surface area (Å²) in [5.41, 5.74) is 0. The predicted octanol–water partition coefficient (Wildman–Crippen LogP) is -0.445. The molecule has 0 saturated heterocycles. The molecule has 0 bridgehead atoms. The van der Waals surface area contributed by atoms with Crippen molar-refractivity contribution in [2.45, 2.75) is 25.8 Å². The van der Waals surface area contributed by atoms with Crippen LogP contribution in [0.1, 0.15) is 19.8 Å². The Morgan fingerprint density at radius 1 is 1.50 bits per heavy atom. The minimum absolute atomic E-state index is 0.0898. The zero-order valence-electron chi connectivity index (χ0n) is 6.74. The quantitative estimate of drug-likeness (QED) is 0.552. The Morgan fingerprint density at radius 3 is 2.50 bits per heavy atom. The van der Waals surface area contributed by atoms with Gasteiger partial charge in [-0.15, -0.1) is 0 Å². The summed E-state index contributed by atoms with van der Waals surface area (Å²) >= 11 is 0. The summed E-state index contributed by atoms with van der Waals surface area (Å²) in [6, 6.07) is -0.550. The smallest absolute Gasteiger partial charge is 0.303 e. The van der Waals surface area contributed by atoms with Crippen LogP contribution in [0.3, 0.4) is 0 Å². The van der Waals surface area contributed by atoms with E-state index >= 15 is 0 Å². The molecule has 1 unspecified atom stereocenters. The van der Waals surface area contributed by atoms with Crippen molar-refractivity contribution >= 4 is 18.2 Å². The molecule has 2 N–H and O–H groups in total. The van der Waals surface area contributed by atoms with Crippen molar-refractivity contribution in [2.24, 2.45) is 0 Å². The van der Waals surface area contributed by atoms with E-state index in [4.69, 9.17) is 5.11 Å². The minimum atomic E-state index is -1.02. The molecular formula is C7H11NO4. The fourth-order valence-corrected chi connectivity index (χ4v) is 0.581. The van der Waals surface area contributed by atoms with Crippen LogP contribution in [0.5, 0.6) is 0 Å². The number of hydrogen-bond donors (Lipinski definition) is 2. The first-order chi connectivity index (χ1) is 5.56. The van der Waals surface area contributed by atoms with Gasteiger partial charge < -0.3 is 15.2 Å². The van der Waals surface area contributed by atoms with Gasteiger partial charge in [-0.25, -0.2) is 0 Å². The Balaban J connectivity index is 3.59. The van der Waals surface area contributed by atoms with E-state index in [1.807, 2.05) is 0 Å². The molecule has 12 heavy (non-hydrogen) atoms. The molecule has 0 aromatic rings. The van der Waals surface area contributed by atoms with Gasteiger partial charge >= 0.3 is 5.97 Å². The number of nitrogens with one attached hydrogen (secondary N) is 1. The molecule has 0 aliphatic carbocycles. The second-order valence-electron chi connectivity index (χ2n) is 2.39. The van der Waals surface area contributed by atoms with Crippen LogP contribution in [-0.2, 0) is 14.4 Å². The normalized spacial score (nSPS) is 11.8. The minimum Gasteiger partial charge on any atom is -0.481 e. The van der Waals surface area contributed by atoms with E-state index in [9.17, 15) is 14.4 Å². The number of carboxylic acids is 1. The molecule has 0 heterocycles. The third-order valence-electron chi connectivity index (χ3n) is 1.16. The molecule has 0 fully saturated rings. The fourth-order valence-electron chi connectivity index (χ4n) is 0.581. The summed E-state index contributed by atoms with van der Waals surface area (Å²) in [4.78, 5) is 30.8. The van der Waals surface area contributed by atoms with Crippen LogP contribution in [-0.4, -0.2) is 29.3 Å². The highest BCUT2D eigenvalue weighted by Gasteiger charge is 2.07.